The summed E-state index contributed by atoms with van der Waals surface area (Å²) < 4.78 is 6.08. The van der Waals surface area contributed by atoms with E-state index >= 15 is 0 Å². The number of carbonyl (C=O) groups excluding carboxylic acids is 2. The van der Waals surface area contributed by atoms with Crippen LogP contribution >= 0.6 is 11.8 Å². The highest BCUT2D eigenvalue weighted by Crippen LogP contribution is 2.37. The van der Waals surface area contributed by atoms with Crippen LogP contribution in [0.15, 0.2) is 53.4 Å². The minimum Gasteiger partial charge on any atom is -0.457 e. The second-order valence-electron chi connectivity index (χ2n) is 9.14. The highest BCUT2D eigenvalue weighted by Gasteiger charge is 2.27. The lowest BCUT2D eigenvalue weighted by Gasteiger charge is -2.33. The number of para-hydroxylation sites is 1. The fraction of sp³-hybridized carbons (Fsp3) is 0.333. The highest BCUT2D eigenvalue weighted by atomic mass is 32.2. The second-order valence-corrected chi connectivity index (χ2v) is 10.2. The van der Waals surface area contributed by atoms with E-state index in [0.717, 1.165) is 29.5 Å². The van der Waals surface area contributed by atoms with Crippen molar-refractivity contribution in [3.63, 3.8) is 0 Å². The highest BCUT2D eigenvalue weighted by molar-refractivity contribution is 8.18. The van der Waals surface area contributed by atoms with E-state index in [4.69, 9.17) is 4.74 Å². The van der Waals surface area contributed by atoms with Crippen LogP contribution in [0.4, 0.5) is 4.79 Å². The van der Waals surface area contributed by atoms with Crippen molar-refractivity contribution in [1.29, 1.82) is 0 Å². The molecule has 0 bridgehead atoms. The molecule has 0 unspecified atom stereocenters. The van der Waals surface area contributed by atoms with Crippen molar-refractivity contribution in [1.82, 2.24) is 5.32 Å². The quantitative estimate of drug-likeness (QED) is 0.571. The molecule has 1 saturated heterocycles. The minimum absolute atomic E-state index is 0.0682. The van der Waals surface area contributed by atoms with Crippen LogP contribution in [0.1, 0.15) is 52.2 Å². The Balaban J connectivity index is 1.80. The molecule has 29 heavy (non-hydrogen) atoms. The van der Waals surface area contributed by atoms with Crippen molar-refractivity contribution < 1.29 is 14.3 Å². The molecule has 1 heterocycles. The number of hydrogen-bond donors (Lipinski definition) is 1. The summed E-state index contributed by atoms with van der Waals surface area (Å²) in [5.74, 6) is 0.987. The summed E-state index contributed by atoms with van der Waals surface area (Å²) in [7, 11) is 0. The number of amides is 2. The van der Waals surface area contributed by atoms with Crippen molar-refractivity contribution in [3.8, 4) is 11.5 Å². The average Bonchev–Trinajstić information content (AvgIpc) is 2.92. The first-order valence-corrected chi connectivity index (χ1v) is 10.5. The maximum atomic E-state index is 11.8. The van der Waals surface area contributed by atoms with Gasteiger partial charge in [0.2, 0.25) is 0 Å². The molecular formula is C24H27NO3S. The van der Waals surface area contributed by atoms with Gasteiger partial charge in [0, 0.05) is 5.56 Å². The molecule has 0 radical (unpaired) electrons. The molecule has 0 aliphatic carbocycles. The lowest BCUT2D eigenvalue weighted by atomic mass is 9.72. The fourth-order valence-corrected chi connectivity index (χ4v) is 4.46. The summed E-state index contributed by atoms with van der Waals surface area (Å²) in [4.78, 5) is 23.6. The van der Waals surface area contributed by atoms with Gasteiger partial charge in [0.1, 0.15) is 11.5 Å². The van der Waals surface area contributed by atoms with Gasteiger partial charge in [-0.1, -0.05) is 65.0 Å². The van der Waals surface area contributed by atoms with Crippen LogP contribution in [0.2, 0.25) is 0 Å². The van der Waals surface area contributed by atoms with E-state index < -0.39 is 0 Å². The van der Waals surface area contributed by atoms with E-state index in [9.17, 15) is 9.59 Å². The Morgan fingerprint density at radius 3 is 2.21 bits per heavy atom. The number of benzene rings is 2. The molecule has 1 aliphatic rings. The van der Waals surface area contributed by atoms with E-state index in [1.165, 1.54) is 5.56 Å². The van der Waals surface area contributed by atoms with Crippen LogP contribution in [-0.4, -0.2) is 11.1 Å². The Kier molecular flexibility index (Phi) is 5.90. The summed E-state index contributed by atoms with van der Waals surface area (Å²) in [6, 6.07) is 15.6. The first-order chi connectivity index (χ1) is 13.5. The minimum atomic E-state index is -0.375. The van der Waals surface area contributed by atoms with Gasteiger partial charge in [-0.15, -0.1) is 0 Å². The van der Waals surface area contributed by atoms with Crippen LogP contribution in [0.5, 0.6) is 11.5 Å². The van der Waals surface area contributed by atoms with Crippen molar-refractivity contribution in [2.24, 2.45) is 5.41 Å². The lowest BCUT2D eigenvalue weighted by Crippen LogP contribution is -2.24. The third-order valence-electron chi connectivity index (χ3n) is 4.68. The summed E-state index contributed by atoms with van der Waals surface area (Å²) >= 11 is 0.899. The fourth-order valence-electron chi connectivity index (χ4n) is 3.78. The van der Waals surface area contributed by atoms with Gasteiger partial charge in [-0.3, -0.25) is 14.9 Å². The van der Waals surface area contributed by atoms with E-state index in [1.54, 1.807) is 6.08 Å². The van der Waals surface area contributed by atoms with Crippen LogP contribution < -0.4 is 10.1 Å². The number of rotatable bonds is 5. The number of nitrogens with one attached hydrogen (secondary N) is 1. The lowest BCUT2D eigenvalue weighted by molar-refractivity contribution is -0.115. The Morgan fingerprint density at radius 2 is 1.62 bits per heavy atom. The Bertz CT molecular complexity index is 953. The van der Waals surface area contributed by atoms with Gasteiger partial charge in [-0.2, -0.15) is 0 Å². The first-order valence-electron chi connectivity index (χ1n) is 9.66. The SMILES string of the molecule is CC(C)(C)CC(C)(C)c1ccc(Oc2ccccc2C=C2SC(=O)NC2=O)cc1. The van der Waals surface area contributed by atoms with E-state index in [2.05, 4.69) is 52.1 Å². The smallest absolute Gasteiger partial charge is 0.290 e. The van der Waals surface area contributed by atoms with Crippen molar-refractivity contribution in [2.45, 2.75) is 46.5 Å². The average molecular weight is 410 g/mol. The molecule has 2 aromatic carbocycles. The van der Waals surface area contributed by atoms with Crippen molar-refractivity contribution >= 4 is 29.0 Å². The number of imide groups is 1. The maximum Gasteiger partial charge on any atom is 0.290 e. The van der Waals surface area contributed by atoms with Crippen LogP contribution in [0.25, 0.3) is 6.08 Å². The maximum absolute atomic E-state index is 11.8. The number of ether oxygens (including phenoxy) is 1. The van der Waals surface area contributed by atoms with Gasteiger partial charge in [-0.25, -0.2) is 0 Å². The molecule has 3 rings (SSSR count). The summed E-state index contributed by atoms with van der Waals surface area (Å²) in [5.41, 5.74) is 2.33. The topological polar surface area (TPSA) is 55.4 Å². The zero-order valence-corrected chi connectivity index (χ0v) is 18.4. The molecule has 0 spiro atoms. The zero-order valence-electron chi connectivity index (χ0n) is 17.5. The Morgan fingerprint density at radius 1 is 0.966 bits per heavy atom. The predicted octanol–water partition coefficient (Wildman–Crippen LogP) is 6.52. The van der Waals surface area contributed by atoms with E-state index in [1.807, 2.05) is 36.4 Å². The molecule has 1 N–H and O–H groups in total. The molecule has 1 aliphatic heterocycles. The van der Waals surface area contributed by atoms with Crippen LogP contribution in [0.3, 0.4) is 0 Å². The van der Waals surface area contributed by atoms with Crippen LogP contribution in [0, 0.1) is 5.41 Å². The molecule has 4 nitrogen and oxygen atoms in total. The largest absolute Gasteiger partial charge is 0.457 e. The molecule has 1 fully saturated rings. The molecule has 0 saturated carbocycles. The number of hydrogen-bond acceptors (Lipinski definition) is 4. The predicted molar refractivity (Wildman–Crippen MR) is 119 cm³/mol. The van der Waals surface area contributed by atoms with Crippen LogP contribution in [-0.2, 0) is 10.2 Å². The third kappa shape index (κ3) is 5.51. The molecular weight excluding hydrogens is 382 g/mol. The van der Waals surface area contributed by atoms with E-state index in [0.29, 0.717) is 10.7 Å². The van der Waals surface area contributed by atoms with Crippen molar-refractivity contribution in [3.05, 3.63) is 64.6 Å². The molecule has 2 aromatic rings. The monoisotopic (exact) mass is 409 g/mol. The molecule has 152 valence electrons. The van der Waals surface area contributed by atoms with Gasteiger partial charge in [0.15, 0.2) is 0 Å². The van der Waals surface area contributed by atoms with E-state index in [-0.39, 0.29) is 22.0 Å². The van der Waals surface area contributed by atoms with Gasteiger partial charge in [0.25, 0.3) is 11.1 Å². The Labute approximate surface area is 176 Å². The summed E-state index contributed by atoms with van der Waals surface area (Å²) in [6.45, 7) is 11.3. The number of carbonyl (C=O) groups is 2. The number of thioether (sulfide) groups is 1. The summed E-state index contributed by atoms with van der Waals surface area (Å²) in [5, 5.41) is 1.91. The first kappa shape index (κ1) is 21.2. The molecule has 2 amide bonds. The van der Waals surface area contributed by atoms with Gasteiger partial charge in [-0.05, 0) is 58.9 Å². The third-order valence-corrected chi connectivity index (χ3v) is 5.49. The zero-order chi connectivity index (χ0) is 21.2. The van der Waals surface area contributed by atoms with Gasteiger partial charge in [0.05, 0.1) is 4.91 Å². The standard InChI is InChI=1S/C24H27NO3S/c1-23(2,3)15-24(4,5)17-10-12-18(13-11-17)28-19-9-7-6-8-16(19)14-20-21(26)25-22(27)29-20/h6-14H,15H2,1-5H3,(H,25,26,27). The Hall–Kier alpha value is -2.53. The van der Waals surface area contributed by atoms with Gasteiger partial charge >= 0.3 is 0 Å². The second kappa shape index (κ2) is 8.07. The normalized spacial score (nSPS) is 16.2. The van der Waals surface area contributed by atoms with Crippen molar-refractivity contribution in [2.75, 3.05) is 0 Å². The molecule has 0 atom stereocenters. The molecule has 0 aromatic heterocycles. The van der Waals surface area contributed by atoms with Gasteiger partial charge < -0.3 is 4.74 Å². The molecule has 5 heteroatoms. The summed E-state index contributed by atoms with van der Waals surface area (Å²) in [6.07, 6.45) is 2.76.